The Balaban J connectivity index is 2.35. The van der Waals surface area contributed by atoms with E-state index in [9.17, 15) is 0 Å². The van der Waals surface area contributed by atoms with Gasteiger partial charge in [0.1, 0.15) is 0 Å². The Labute approximate surface area is 81.5 Å². The SMILES string of the molecule is ClCCCc1noc2ccccc12. The summed E-state index contributed by atoms with van der Waals surface area (Å²) in [6.07, 6.45) is 1.83. The summed E-state index contributed by atoms with van der Waals surface area (Å²) < 4.78 is 5.15. The van der Waals surface area contributed by atoms with Crippen molar-refractivity contribution >= 4 is 22.6 Å². The fraction of sp³-hybridized carbons (Fsp3) is 0.300. The Bertz CT molecular complexity index is 396. The second-order valence-corrected chi connectivity index (χ2v) is 3.30. The molecule has 68 valence electrons. The summed E-state index contributed by atoms with van der Waals surface area (Å²) in [4.78, 5) is 0. The van der Waals surface area contributed by atoms with E-state index >= 15 is 0 Å². The molecule has 3 heteroatoms. The fourth-order valence-corrected chi connectivity index (χ4v) is 1.49. The van der Waals surface area contributed by atoms with Crippen LogP contribution in [0.25, 0.3) is 11.0 Å². The average Bonchev–Trinajstić information content (AvgIpc) is 2.58. The highest BCUT2D eigenvalue weighted by molar-refractivity contribution is 6.17. The standard InChI is InChI=1S/C10H10ClNO/c11-7-3-5-9-8-4-1-2-6-10(8)13-12-9/h1-2,4,6H,3,5,7H2. The highest BCUT2D eigenvalue weighted by Crippen LogP contribution is 2.18. The fourth-order valence-electron chi connectivity index (χ4n) is 1.35. The zero-order valence-electron chi connectivity index (χ0n) is 7.16. The van der Waals surface area contributed by atoms with Crippen LogP contribution < -0.4 is 0 Å². The average molecular weight is 196 g/mol. The number of hydrogen-bond donors (Lipinski definition) is 0. The smallest absolute Gasteiger partial charge is 0.167 e. The summed E-state index contributed by atoms with van der Waals surface area (Å²) in [5.41, 5.74) is 1.86. The molecular formula is C10H10ClNO. The molecule has 0 spiro atoms. The van der Waals surface area contributed by atoms with E-state index in [0.717, 1.165) is 29.5 Å². The molecule has 0 aliphatic carbocycles. The summed E-state index contributed by atoms with van der Waals surface area (Å²) in [5.74, 6) is 0.668. The van der Waals surface area contributed by atoms with E-state index in [1.165, 1.54) is 0 Å². The van der Waals surface area contributed by atoms with Crippen molar-refractivity contribution in [1.29, 1.82) is 0 Å². The summed E-state index contributed by atoms with van der Waals surface area (Å²) in [7, 11) is 0. The normalized spacial score (nSPS) is 10.8. The van der Waals surface area contributed by atoms with Crippen molar-refractivity contribution in [3.63, 3.8) is 0 Å². The first-order valence-electron chi connectivity index (χ1n) is 4.31. The number of hydrogen-bond acceptors (Lipinski definition) is 2. The molecule has 1 aromatic carbocycles. The Hall–Kier alpha value is -1.02. The highest BCUT2D eigenvalue weighted by Gasteiger charge is 2.05. The third kappa shape index (κ3) is 1.68. The number of benzene rings is 1. The number of nitrogens with zero attached hydrogens (tertiary/aromatic N) is 1. The maximum Gasteiger partial charge on any atom is 0.167 e. The van der Waals surface area contributed by atoms with Crippen LogP contribution in [0.15, 0.2) is 28.8 Å². The molecule has 0 radical (unpaired) electrons. The van der Waals surface area contributed by atoms with Crippen LogP contribution in [-0.2, 0) is 6.42 Å². The number of aryl methyl sites for hydroxylation is 1. The third-order valence-corrected chi connectivity index (χ3v) is 2.27. The number of aromatic nitrogens is 1. The van der Waals surface area contributed by atoms with Gasteiger partial charge in [-0.2, -0.15) is 0 Å². The van der Waals surface area contributed by atoms with Crippen molar-refractivity contribution in [2.75, 3.05) is 5.88 Å². The molecule has 0 aliphatic rings. The van der Waals surface area contributed by atoms with Crippen LogP contribution in [0, 0.1) is 0 Å². The second-order valence-electron chi connectivity index (χ2n) is 2.92. The molecule has 1 heterocycles. The van der Waals surface area contributed by atoms with Crippen LogP contribution >= 0.6 is 11.6 Å². The first-order valence-corrected chi connectivity index (χ1v) is 4.84. The van der Waals surface area contributed by atoms with Gasteiger partial charge in [-0.3, -0.25) is 0 Å². The molecule has 0 amide bonds. The molecule has 0 unspecified atom stereocenters. The van der Waals surface area contributed by atoms with Gasteiger partial charge in [0.2, 0.25) is 0 Å². The van der Waals surface area contributed by atoms with Crippen LogP contribution in [0.4, 0.5) is 0 Å². The molecule has 0 N–H and O–H groups in total. The number of halogens is 1. The van der Waals surface area contributed by atoms with E-state index < -0.39 is 0 Å². The molecule has 13 heavy (non-hydrogen) atoms. The summed E-state index contributed by atoms with van der Waals surface area (Å²) >= 11 is 5.61. The van der Waals surface area contributed by atoms with Gasteiger partial charge in [-0.1, -0.05) is 17.3 Å². The predicted octanol–water partition coefficient (Wildman–Crippen LogP) is 3.00. The Morgan fingerprint density at radius 3 is 3.00 bits per heavy atom. The quantitative estimate of drug-likeness (QED) is 0.704. The lowest BCUT2D eigenvalue weighted by Crippen LogP contribution is -1.86. The summed E-state index contributed by atoms with van der Waals surface area (Å²) in [6.45, 7) is 0. The van der Waals surface area contributed by atoms with Crippen molar-refractivity contribution in [3.8, 4) is 0 Å². The van der Waals surface area contributed by atoms with Crippen LogP contribution in [-0.4, -0.2) is 11.0 Å². The van der Waals surface area contributed by atoms with Crippen LogP contribution in [0.1, 0.15) is 12.1 Å². The van der Waals surface area contributed by atoms with E-state index in [0.29, 0.717) is 5.88 Å². The number of para-hydroxylation sites is 1. The molecular weight excluding hydrogens is 186 g/mol. The molecule has 1 aromatic heterocycles. The van der Waals surface area contributed by atoms with Gasteiger partial charge in [0.05, 0.1) is 5.69 Å². The molecule has 2 nitrogen and oxygen atoms in total. The van der Waals surface area contributed by atoms with Gasteiger partial charge in [-0.15, -0.1) is 11.6 Å². The third-order valence-electron chi connectivity index (χ3n) is 2.00. The minimum absolute atomic E-state index is 0.668. The first-order chi connectivity index (χ1) is 6.42. The lowest BCUT2D eigenvalue weighted by atomic mass is 10.1. The lowest BCUT2D eigenvalue weighted by molar-refractivity contribution is 0.445. The Morgan fingerprint density at radius 1 is 1.31 bits per heavy atom. The predicted molar refractivity (Wildman–Crippen MR) is 53.1 cm³/mol. The maximum atomic E-state index is 5.61. The zero-order chi connectivity index (χ0) is 9.10. The largest absolute Gasteiger partial charge is 0.356 e. The minimum Gasteiger partial charge on any atom is -0.356 e. The van der Waals surface area contributed by atoms with Gasteiger partial charge in [-0.05, 0) is 25.0 Å². The van der Waals surface area contributed by atoms with Crippen molar-refractivity contribution in [3.05, 3.63) is 30.0 Å². The molecule has 0 bridgehead atoms. The molecule has 0 atom stereocenters. The highest BCUT2D eigenvalue weighted by atomic mass is 35.5. The van der Waals surface area contributed by atoms with E-state index in [1.54, 1.807) is 0 Å². The number of fused-ring (bicyclic) bond motifs is 1. The van der Waals surface area contributed by atoms with Crippen molar-refractivity contribution in [1.82, 2.24) is 5.16 Å². The van der Waals surface area contributed by atoms with Gasteiger partial charge in [-0.25, -0.2) is 0 Å². The van der Waals surface area contributed by atoms with Crippen LogP contribution in [0.2, 0.25) is 0 Å². The van der Waals surface area contributed by atoms with Gasteiger partial charge in [0.15, 0.2) is 5.58 Å². The molecule has 2 rings (SSSR count). The monoisotopic (exact) mass is 195 g/mol. The van der Waals surface area contributed by atoms with Gasteiger partial charge in [0, 0.05) is 11.3 Å². The summed E-state index contributed by atoms with van der Waals surface area (Å²) in [5, 5.41) is 5.10. The Kier molecular flexibility index (Phi) is 2.50. The molecule has 0 fully saturated rings. The molecule has 2 aromatic rings. The minimum atomic E-state index is 0.668. The molecule has 0 aliphatic heterocycles. The van der Waals surface area contributed by atoms with Crippen LogP contribution in [0.3, 0.4) is 0 Å². The van der Waals surface area contributed by atoms with Crippen molar-refractivity contribution in [2.45, 2.75) is 12.8 Å². The van der Waals surface area contributed by atoms with Gasteiger partial charge in [0.25, 0.3) is 0 Å². The van der Waals surface area contributed by atoms with Crippen molar-refractivity contribution < 1.29 is 4.52 Å². The molecule has 0 saturated heterocycles. The number of alkyl halides is 1. The topological polar surface area (TPSA) is 26.0 Å². The summed E-state index contributed by atoms with van der Waals surface area (Å²) in [6, 6.07) is 7.88. The van der Waals surface area contributed by atoms with Gasteiger partial charge < -0.3 is 4.52 Å². The molecule has 0 saturated carbocycles. The number of rotatable bonds is 3. The van der Waals surface area contributed by atoms with Crippen molar-refractivity contribution in [2.24, 2.45) is 0 Å². The lowest BCUT2D eigenvalue weighted by Gasteiger charge is -1.91. The second kappa shape index (κ2) is 3.79. The van der Waals surface area contributed by atoms with E-state index in [2.05, 4.69) is 5.16 Å². The van der Waals surface area contributed by atoms with E-state index in [-0.39, 0.29) is 0 Å². The van der Waals surface area contributed by atoms with E-state index in [1.807, 2.05) is 24.3 Å². The first kappa shape index (κ1) is 8.57. The van der Waals surface area contributed by atoms with E-state index in [4.69, 9.17) is 16.1 Å². The zero-order valence-corrected chi connectivity index (χ0v) is 7.92. The maximum absolute atomic E-state index is 5.61. The Morgan fingerprint density at radius 2 is 2.15 bits per heavy atom. The van der Waals surface area contributed by atoms with Gasteiger partial charge >= 0.3 is 0 Å². The van der Waals surface area contributed by atoms with Crippen LogP contribution in [0.5, 0.6) is 0 Å².